The lowest BCUT2D eigenvalue weighted by Crippen LogP contribution is -2.57. The summed E-state index contributed by atoms with van der Waals surface area (Å²) in [5.41, 5.74) is 0.770. The molecular weight excluding hydrogens is 310 g/mol. The summed E-state index contributed by atoms with van der Waals surface area (Å²) >= 11 is 1.46. The van der Waals surface area contributed by atoms with Crippen molar-refractivity contribution < 1.29 is 9.90 Å². The van der Waals surface area contributed by atoms with Crippen LogP contribution in [0.15, 0.2) is 35.7 Å². The predicted molar refractivity (Wildman–Crippen MR) is 92.3 cm³/mol. The highest BCUT2D eigenvalue weighted by atomic mass is 32.1. The van der Waals surface area contributed by atoms with Crippen molar-refractivity contribution in [2.24, 2.45) is 5.92 Å². The smallest absolute Gasteiger partial charge is 0.273 e. The van der Waals surface area contributed by atoms with E-state index in [1.807, 2.05) is 42.3 Å². The molecule has 0 radical (unpaired) electrons. The first-order valence-corrected chi connectivity index (χ1v) is 8.50. The number of aliphatic hydroxyl groups is 1. The summed E-state index contributed by atoms with van der Waals surface area (Å²) < 4.78 is 0. The molecule has 5 nitrogen and oxygen atoms in total. The van der Waals surface area contributed by atoms with Crippen molar-refractivity contribution in [3.63, 3.8) is 0 Å². The fraction of sp³-hybridized carbons (Fsp3) is 0.412. The van der Waals surface area contributed by atoms with Gasteiger partial charge in [-0.2, -0.15) is 0 Å². The van der Waals surface area contributed by atoms with Gasteiger partial charge in [-0.3, -0.25) is 4.79 Å². The maximum Gasteiger partial charge on any atom is 0.273 e. The van der Waals surface area contributed by atoms with Gasteiger partial charge < -0.3 is 14.9 Å². The molecule has 0 bridgehead atoms. The minimum absolute atomic E-state index is 0.0607. The number of hydrogen-bond acceptors (Lipinski definition) is 5. The standard InChI is InChI=1S/C17H21N3O2S/c1-17(2,22)12-9-20(10-12)15(21)14-11-23-16(18-14)19(3)13-7-5-4-6-8-13/h4-8,11-12,22H,9-10H2,1-3H3. The first-order valence-electron chi connectivity index (χ1n) is 7.62. The van der Waals surface area contributed by atoms with Crippen molar-refractivity contribution in [1.29, 1.82) is 0 Å². The van der Waals surface area contributed by atoms with Gasteiger partial charge in [-0.25, -0.2) is 4.98 Å². The SMILES string of the molecule is CN(c1ccccc1)c1nc(C(=O)N2CC(C(C)(C)O)C2)cs1. The van der Waals surface area contributed by atoms with E-state index in [1.165, 1.54) is 11.3 Å². The quantitative estimate of drug-likeness (QED) is 0.936. The highest BCUT2D eigenvalue weighted by Crippen LogP contribution is 2.30. The van der Waals surface area contributed by atoms with Crippen molar-refractivity contribution >= 4 is 28.1 Å². The van der Waals surface area contributed by atoms with Gasteiger partial charge >= 0.3 is 0 Å². The molecule has 1 saturated heterocycles. The molecule has 1 aromatic carbocycles. The molecule has 2 aromatic rings. The fourth-order valence-corrected chi connectivity index (χ4v) is 3.32. The number of rotatable bonds is 4. The van der Waals surface area contributed by atoms with Crippen LogP contribution in [-0.4, -0.2) is 46.6 Å². The summed E-state index contributed by atoms with van der Waals surface area (Å²) in [5.74, 6) is 0.0750. The molecule has 1 amide bonds. The van der Waals surface area contributed by atoms with Crippen LogP contribution in [0.1, 0.15) is 24.3 Å². The number of hydrogen-bond donors (Lipinski definition) is 1. The largest absolute Gasteiger partial charge is 0.390 e. The van der Waals surface area contributed by atoms with Gasteiger partial charge in [0.05, 0.1) is 5.60 Å². The van der Waals surface area contributed by atoms with Crippen LogP contribution < -0.4 is 4.90 Å². The molecule has 1 fully saturated rings. The number of amides is 1. The van der Waals surface area contributed by atoms with Crippen LogP contribution in [0.4, 0.5) is 10.8 Å². The number of carbonyl (C=O) groups excluding carboxylic acids is 1. The van der Waals surface area contributed by atoms with E-state index < -0.39 is 5.60 Å². The molecule has 1 N–H and O–H groups in total. The first kappa shape index (κ1) is 16.0. The van der Waals surface area contributed by atoms with Crippen LogP contribution in [0.25, 0.3) is 0 Å². The highest BCUT2D eigenvalue weighted by Gasteiger charge is 2.40. The Labute approximate surface area is 140 Å². The Bertz CT molecular complexity index is 687. The van der Waals surface area contributed by atoms with E-state index in [2.05, 4.69) is 4.98 Å². The minimum atomic E-state index is -0.739. The van der Waals surface area contributed by atoms with E-state index in [4.69, 9.17) is 0 Å². The van der Waals surface area contributed by atoms with Crippen molar-refractivity contribution in [2.75, 3.05) is 25.0 Å². The third kappa shape index (κ3) is 3.23. The molecule has 1 aliphatic heterocycles. The fourth-order valence-electron chi connectivity index (χ4n) is 2.53. The zero-order chi connectivity index (χ0) is 16.6. The van der Waals surface area contributed by atoms with Gasteiger partial charge in [-0.05, 0) is 26.0 Å². The van der Waals surface area contributed by atoms with Crippen LogP contribution in [-0.2, 0) is 0 Å². The zero-order valence-electron chi connectivity index (χ0n) is 13.6. The monoisotopic (exact) mass is 331 g/mol. The minimum Gasteiger partial charge on any atom is -0.390 e. The Kier molecular flexibility index (Phi) is 4.12. The zero-order valence-corrected chi connectivity index (χ0v) is 14.4. The summed E-state index contributed by atoms with van der Waals surface area (Å²) in [6.45, 7) is 4.75. The molecular formula is C17H21N3O2S. The summed E-state index contributed by atoms with van der Waals surface area (Å²) in [6, 6.07) is 9.93. The molecule has 1 aromatic heterocycles. The van der Waals surface area contributed by atoms with Gasteiger partial charge in [0.2, 0.25) is 0 Å². The number of anilines is 2. The number of benzene rings is 1. The number of aromatic nitrogens is 1. The third-order valence-electron chi connectivity index (χ3n) is 4.31. The molecule has 23 heavy (non-hydrogen) atoms. The van der Waals surface area contributed by atoms with Crippen molar-refractivity contribution in [1.82, 2.24) is 9.88 Å². The van der Waals surface area contributed by atoms with Crippen LogP contribution in [0.5, 0.6) is 0 Å². The van der Waals surface area contributed by atoms with Gasteiger partial charge in [-0.1, -0.05) is 18.2 Å². The average molecular weight is 331 g/mol. The second kappa shape index (κ2) is 5.94. The highest BCUT2D eigenvalue weighted by molar-refractivity contribution is 7.14. The Balaban J connectivity index is 1.67. The lowest BCUT2D eigenvalue weighted by molar-refractivity contribution is -0.0508. The number of thiazole rings is 1. The van der Waals surface area contributed by atoms with Crippen LogP contribution >= 0.6 is 11.3 Å². The molecule has 2 heterocycles. The normalized spacial score (nSPS) is 15.4. The maximum atomic E-state index is 12.4. The molecule has 0 aliphatic carbocycles. The second-order valence-electron chi connectivity index (χ2n) is 6.47. The third-order valence-corrected chi connectivity index (χ3v) is 5.23. The van der Waals surface area contributed by atoms with E-state index in [-0.39, 0.29) is 11.8 Å². The van der Waals surface area contributed by atoms with Gasteiger partial charge in [0.15, 0.2) is 5.13 Å². The Morgan fingerprint density at radius 1 is 1.35 bits per heavy atom. The lowest BCUT2D eigenvalue weighted by Gasteiger charge is -2.44. The van der Waals surface area contributed by atoms with E-state index in [0.717, 1.165) is 10.8 Å². The van der Waals surface area contributed by atoms with Crippen LogP contribution in [0, 0.1) is 5.92 Å². The Hall–Kier alpha value is -1.92. The second-order valence-corrected chi connectivity index (χ2v) is 7.31. The summed E-state index contributed by atoms with van der Waals surface area (Å²) in [7, 11) is 1.94. The van der Waals surface area contributed by atoms with E-state index in [9.17, 15) is 9.90 Å². The molecule has 1 aliphatic rings. The van der Waals surface area contributed by atoms with Crippen LogP contribution in [0.2, 0.25) is 0 Å². The summed E-state index contributed by atoms with van der Waals surface area (Å²) in [6.07, 6.45) is 0. The summed E-state index contributed by atoms with van der Waals surface area (Å²) in [5, 5.41) is 12.5. The topological polar surface area (TPSA) is 56.7 Å². The van der Waals surface area contributed by atoms with Gasteiger partial charge in [-0.15, -0.1) is 11.3 Å². The van der Waals surface area contributed by atoms with E-state index in [1.54, 1.807) is 24.1 Å². The average Bonchev–Trinajstić information content (AvgIpc) is 2.94. The van der Waals surface area contributed by atoms with E-state index in [0.29, 0.717) is 18.8 Å². The molecule has 3 rings (SSSR count). The summed E-state index contributed by atoms with van der Waals surface area (Å²) in [4.78, 5) is 20.6. The van der Waals surface area contributed by atoms with Gasteiger partial charge in [0.1, 0.15) is 5.69 Å². The Morgan fingerprint density at radius 3 is 2.61 bits per heavy atom. The number of likely N-dealkylation sites (tertiary alicyclic amines) is 1. The number of carbonyl (C=O) groups is 1. The van der Waals surface area contributed by atoms with Crippen LogP contribution in [0.3, 0.4) is 0 Å². The van der Waals surface area contributed by atoms with Crippen molar-refractivity contribution in [3.8, 4) is 0 Å². The molecule has 0 saturated carbocycles. The van der Waals surface area contributed by atoms with E-state index >= 15 is 0 Å². The molecule has 122 valence electrons. The predicted octanol–water partition coefficient (Wildman–Crippen LogP) is 2.75. The Morgan fingerprint density at radius 2 is 2.00 bits per heavy atom. The van der Waals surface area contributed by atoms with Gasteiger partial charge in [0.25, 0.3) is 5.91 Å². The first-order chi connectivity index (χ1) is 10.9. The lowest BCUT2D eigenvalue weighted by atomic mass is 9.84. The van der Waals surface area contributed by atoms with Crippen molar-refractivity contribution in [2.45, 2.75) is 19.4 Å². The number of nitrogens with zero attached hydrogens (tertiary/aromatic N) is 3. The molecule has 6 heteroatoms. The number of para-hydroxylation sites is 1. The molecule has 0 atom stereocenters. The van der Waals surface area contributed by atoms with Crippen molar-refractivity contribution in [3.05, 3.63) is 41.4 Å². The molecule has 0 unspecified atom stereocenters. The molecule has 0 spiro atoms. The van der Waals surface area contributed by atoms with Gasteiger partial charge in [0, 0.05) is 37.1 Å². The maximum absolute atomic E-state index is 12.4.